The molecule has 0 atom stereocenters. The third kappa shape index (κ3) is 6.51. The summed E-state index contributed by atoms with van der Waals surface area (Å²) in [6, 6.07) is 69.7. The Morgan fingerprint density at radius 1 is 0.500 bits per heavy atom. The number of aryl methyl sites for hydroxylation is 1. The van der Waals surface area contributed by atoms with Gasteiger partial charge < -0.3 is 9.64 Å². The Kier molecular flexibility index (Phi) is 9.43. The first-order valence-corrected chi connectivity index (χ1v) is 19.7. The maximum absolute atomic E-state index is 11.9. The van der Waals surface area contributed by atoms with Gasteiger partial charge in [0.1, 0.15) is 5.75 Å². The zero-order valence-corrected chi connectivity index (χ0v) is 32.9. The average molecular weight is 750 g/mol. The largest absolute Gasteiger partial charge is 0.423 e. The van der Waals surface area contributed by atoms with Crippen LogP contribution >= 0.6 is 0 Å². The first-order valence-electron chi connectivity index (χ1n) is 19.7. The van der Waals surface area contributed by atoms with Crippen molar-refractivity contribution < 1.29 is 9.53 Å². The molecule has 0 aromatic heterocycles. The highest BCUT2D eigenvalue weighted by atomic mass is 16.5. The van der Waals surface area contributed by atoms with E-state index in [9.17, 15) is 4.79 Å². The molecule has 58 heavy (non-hydrogen) atoms. The van der Waals surface area contributed by atoms with Crippen LogP contribution in [0.4, 0.5) is 11.4 Å². The fourth-order valence-corrected chi connectivity index (χ4v) is 8.43. The van der Waals surface area contributed by atoms with E-state index in [1.54, 1.807) is 6.92 Å². The van der Waals surface area contributed by atoms with Crippen molar-refractivity contribution in [2.45, 2.75) is 19.3 Å². The van der Waals surface area contributed by atoms with Gasteiger partial charge in [0.2, 0.25) is 0 Å². The summed E-state index contributed by atoms with van der Waals surface area (Å²) in [6.45, 7) is 7.43. The topological polar surface area (TPSA) is 29.5 Å². The maximum atomic E-state index is 11.9. The van der Waals surface area contributed by atoms with Crippen molar-refractivity contribution in [1.82, 2.24) is 0 Å². The molecule has 0 heterocycles. The van der Waals surface area contributed by atoms with E-state index >= 15 is 0 Å². The minimum absolute atomic E-state index is 0.368. The van der Waals surface area contributed by atoms with E-state index in [0.29, 0.717) is 11.3 Å². The molecule has 0 fully saturated rings. The van der Waals surface area contributed by atoms with E-state index in [1.165, 1.54) is 55.6 Å². The summed E-state index contributed by atoms with van der Waals surface area (Å²) < 4.78 is 5.38. The molecule has 0 unspecified atom stereocenters. The molecule has 0 aliphatic heterocycles. The highest BCUT2D eigenvalue weighted by molar-refractivity contribution is 5.89. The molecule has 0 spiro atoms. The van der Waals surface area contributed by atoms with Crippen LogP contribution in [0.3, 0.4) is 0 Å². The molecule has 8 aromatic rings. The van der Waals surface area contributed by atoms with Crippen LogP contribution in [0, 0.1) is 6.92 Å². The lowest BCUT2D eigenvalue weighted by Gasteiger charge is -2.34. The van der Waals surface area contributed by atoms with Crippen LogP contribution in [0.25, 0.3) is 44.5 Å². The van der Waals surface area contributed by atoms with Gasteiger partial charge in [-0.1, -0.05) is 170 Å². The Labute approximate surface area is 341 Å². The molecular formula is C55H43NO2. The zero-order valence-electron chi connectivity index (χ0n) is 32.9. The summed E-state index contributed by atoms with van der Waals surface area (Å²) >= 11 is 0. The lowest BCUT2D eigenvalue weighted by molar-refractivity contribution is -0.130. The molecule has 280 valence electrons. The monoisotopic (exact) mass is 749 g/mol. The Hall–Kier alpha value is -7.23. The molecular weight excluding hydrogens is 707 g/mol. The third-order valence-electron chi connectivity index (χ3n) is 11.5. The molecule has 3 heteroatoms. The van der Waals surface area contributed by atoms with Crippen LogP contribution in [0.15, 0.2) is 206 Å². The number of rotatable bonds is 9. The minimum Gasteiger partial charge on any atom is -0.423 e. The van der Waals surface area contributed by atoms with Gasteiger partial charge in [-0.25, -0.2) is 4.79 Å². The molecule has 0 saturated heterocycles. The Morgan fingerprint density at radius 2 is 0.948 bits per heavy atom. The van der Waals surface area contributed by atoms with E-state index in [4.69, 9.17) is 4.74 Å². The van der Waals surface area contributed by atoms with Gasteiger partial charge >= 0.3 is 5.97 Å². The predicted molar refractivity (Wildman–Crippen MR) is 240 cm³/mol. The number of ether oxygens (including phenoxy) is 1. The number of benzene rings is 8. The van der Waals surface area contributed by atoms with Crippen molar-refractivity contribution in [3.63, 3.8) is 0 Å². The lowest BCUT2D eigenvalue weighted by Crippen LogP contribution is -2.28. The first-order chi connectivity index (χ1) is 28.3. The van der Waals surface area contributed by atoms with Crippen molar-refractivity contribution in [2.24, 2.45) is 0 Å². The van der Waals surface area contributed by atoms with Gasteiger partial charge in [0.15, 0.2) is 0 Å². The molecule has 0 N–H and O–H groups in total. The van der Waals surface area contributed by atoms with Crippen molar-refractivity contribution in [3.8, 4) is 50.3 Å². The van der Waals surface area contributed by atoms with Crippen LogP contribution in [-0.2, 0) is 10.2 Å². The SMILES string of the molecule is C=C(C)C(=O)Oc1ccc(-c2cccc(N(C)c3ccc(-c4ccc(C5(c6ccc(-c7ccc(C)cc7)cc6)c6ccccc6-c6ccccc65)cc4)cc3)c2)cc1. The summed E-state index contributed by atoms with van der Waals surface area (Å²) in [5.41, 5.74) is 17.9. The highest BCUT2D eigenvalue weighted by Gasteiger charge is 2.45. The number of carbonyl (C=O) groups excluding carboxylic acids is 1. The predicted octanol–water partition coefficient (Wildman–Crippen LogP) is 13.6. The lowest BCUT2D eigenvalue weighted by atomic mass is 9.67. The van der Waals surface area contributed by atoms with Crippen LogP contribution in [0.1, 0.15) is 34.7 Å². The zero-order chi connectivity index (χ0) is 39.8. The summed E-state index contributed by atoms with van der Waals surface area (Å²) in [5.74, 6) is 0.0718. The fourth-order valence-electron chi connectivity index (χ4n) is 8.43. The highest BCUT2D eigenvalue weighted by Crippen LogP contribution is 2.56. The summed E-state index contributed by atoms with van der Waals surface area (Å²) in [7, 11) is 2.09. The van der Waals surface area contributed by atoms with Crippen molar-refractivity contribution in [3.05, 3.63) is 234 Å². The number of nitrogens with zero attached hydrogens (tertiary/aromatic N) is 1. The van der Waals surface area contributed by atoms with Gasteiger partial charge in [-0.2, -0.15) is 0 Å². The van der Waals surface area contributed by atoms with Gasteiger partial charge in [0.05, 0.1) is 5.41 Å². The number of anilines is 2. The van der Waals surface area contributed by atoms with E-state index in [-0.39, 0.29) is 0 Å². The van der Waals surface area contributed by atoms with Gasteiger partial charge in [0.25, 0.3) is 0 Å². The van der Waals surface area contributed by atoms with Gasteiger partial charge in [0, 0.05) is 24.0 Å². The molecule has 1 aliphatic rings. The summed E-state index contributed by atoms with van der Waals surface area (Å²) in [5, 5.41) is 0. The number of esters is 1. The van der Waals surface area contributed by atoms with Crippen molar-refractivity contribution >= 4 is 17.3 Å². The Balaban J connectivity index is 1.01. The Bertz CT molecular complexity index is 2730. The van der Waals surface area contributed by atoms with E-state index < -0.39 is 11.4 Å². The fraction of sp³-hybridized carbons (Fsp3) is 0.0727. The molecule has 0 radical (unpaired) electrons. The number of carbonyl (C=O) groups is 1. The molecule has 0 saturated carbocycles. The summed E-state index contributed by atoms with van der Waals surface area (Å²) in [4.78, 5) is 14.1. The molecule has 3 nitrogen and oxygen atoms in total. The molecule has 8 aromatic carbocycles. The molecule has 1 aliphatic carbocycles. The van der Waals surface area contributed by atoms with E-state index in [0.717, 1.165) is 28.1 Å². The normalized spacial score (nSPS) is 12.3. The standard InChI is InChI=1S/C55H43NO2/c1-37(2)54(57)58-49-34-26-43(27-35-49)44-10-9-11-48(36-44)56(4)47-32-24-42(25-33-47)41-22-30-46(31-23-41)55(45-28-20-40(21-29-45)39-18-16-38(3)17-19-39)52-14-7-5-12-50(52)51-13-6-8-15-53(51)55/h5-36H,1H2,2-4H3. The second kappa shape index (κ2) is 15.0. The number of fused-ring (bicyclic) bond motifs is 3. The minimum atomic E-state index is -0.460. The number of hydrogen-bond donors (Lipinski definition) is 0. The van der Waals surface area contributed by atoms with Crippen LogP contribution in [0.5, 0.6) is 5.75 Å². The van der Waals surface area contributed by atoms with Gasteiger partial charge in [-0.05, 0) is 117 Å². The third-order valence-corrected chi connectivity index (χ3v) is 11.5. The van der Waals surface area contributed by atoms with Gasteiger partial charge in [-0.3, -0.25) is 0 Å². The smallest absolute Gasteiger partial charge is 0.338 e. The first kappa shape index (κ1) is 36.4. The van der Waals surface area contributed by atoms with E-state index in [1.807, 2.05) is 24.3 Å². The summed E-state index contributed by atoms with van der Waals surface area (Å²) in [6.07, 6.45) is 0. The molecule has 0 bridgehead atoms. The van der Waals surface area contributed by atoms with Gasteiger partial charge in [-0.15, -0.1) is 0 Å². The van der Waals surface area contributed by atoms with E-state index in [2.05, 4.69) is 195 Å². The second-order valence-electron chi connectivity index (χ2n) is 15.2. The quantitative estimate of drug-likeness (QED) is 0.0836. The van der Waals surface area contributed by atoms with Crippen LogP contribution in [-0.4, -0.2) is 13.0 Å². The van der Waals surface area contributed by atoms with Crippen molar-refractivity contribution in [1.29, 1.82) is 0 Å². The second-order valence-corrected chi connectivity index (χ2v) is 15.2. The van der Waals surface area contributed by atoms with Crippen LogP contribution in [0.2, 0.25) is 0 Å². The molecule has 9 rings (SSSR count). The maximum Gasteiger partial charge on any atom is 0.338 e. The Morgan fingerprint density at radius 3 is 1.47 bits per heavy atom. The average Bonchev–Trinajstić information content (AvgIpc) is 3.58. The van der Waals surface area contributed by atoms with Crippen LogP contribution < -0.4 is 9.64 Å². The van der Waals surface area contributed by atoms with Crippen molar-refractivity contribution in [2.75, 3.05) is 11.9 Å². The number of hydrogen-bond acceptors (Lipinski definition) is 3. The molecule has 0 amide bonds.